The van der Waals surface area contributed by atoms with Gasteiger partial charge in [0.1, 0.15) is 18.0 Å². The first kappa shape index (κ1) is 21.7. The largest absolute Gasteiger partial charge is 0.497 e. The van der Waals surface area contributed by atoms with E-state index in [0.717, 1.165) is 21.8 Å². The number of carbonyl (C=O) groups is 1. The molecule has 29 heavy (non-hydrogen) atoms. The van der Waals surface area contributed by atoms with E-state index in [2.05, 4.69) is 5.32 Å². The Kier molecular flexibility index (Phi) is 6.58. The van der Waals surface area contributed by atoms with Gasteiger partial charge in [-0.3, -0.25) is 10.1 Å². The average molecular weight is 424 g/mol. The van der Waals surface area contributed by atoms with Crippen LogP contribution in [-0.2, 0) is 4.79 Å². The summed E-state index contributed by atoms with van der Waals surface area (Å²) in [5.74, 6) is 0.430. The summed E-state index contributed by atoms with van der Waals surface area (Å²) < 4.78 is 43.6. The van der Waals surface area contributed by atoms with Gasteiger partial charge in [0.2, 0.25) is 0 Å². The fourth-order valence-corrected chi connectivity index (χ4v) is 5.02. The minimum absolute atomic E-state index is 0.162. The molecule has 2 aromatic carbocycles. The monoisotopic (exact) mass is 423 g/mol. The minimum Gasteiger partial charge on any atom is -0.497 e. The third kappa shape index (κ3) is 5.34. The zero-order valence-electron chi connectivity index (χ0n) is 16.4. The minimum atomic E-state index is -4.49. The second kappa shape index (κ2) is 8.79. The van der Waals surface area contributed by atoms with Gasteiger partial charge in [0.05, 0.1) is 13.2 Å². The first-order valence-corrected chi connectivity index (χ1v) is 10.5. The van der Waals surface area contributed by atoms with Crippen LogP contribution >= 0.6 is 11.8 Å². The van der Waals surface area contributed by atoms with Crippen LogP contribution in [0.2, 0.25) is 0 Å². The highest BCUT2D eigenvalue weighted by atomic mass is 32.2. The molecule has 0 saturated heterocycles. The molecule has 1 heterocycles. The summed E-state index contributed by atoms with van der Waals surface area (Å²) in [5.41, 5.74) is 1.29. The number of ether oxygens (including phenoxy) is 1. The first-order chi connectivity index (χ1) is 13.8. The number of ketones is 1. The number of carbonyl (C=O) groups excluding carboxylic acids is 1. The number of hydrogen-bond acceptors (Lipinski definition) is 4. The van der Waals surface area contributed by atoms with Crippen LogP contribution in [0.5, 0.6) is 5.75 Å². The number of hydrogen-bond donors (Lipinski definition) is 1. The molecule has 1 N–H and O–H groups in total. The molecule has 1 aliphatic rings. The van der Waals surface area contributed by atoms with Crippen LogP contribution in [0.25, 0.3) is 0 Å². The molecule has 2 atom stereocenters. The molecule has 0 amide bonds. The number of nitrogens with one attached hydrogen (secondary N) is 1. The molecule has 156 valence electrons. The van der Waals surface area contributed by atoms with E-state index in [0.29, 0.717) is 12.2 Å². The summed E-state index contributed by atoms with van der Waals surface area (Å²) in [5, 5.41) is 3.56. The van der Waals surface area contributed by atoms with Crippen molar-refractivity contribution in [1.29, 1.82) is 0 Å². The summed E-state index contributed by atoms with van der Waals surface area (Å²) in [4.78, 5) is 13.2. The van der Waals surface area contributed by atoms with Crippen molar-refractivity contribution in [1.82, 2.24) is 5.32 Å². The number of halogens is 3. The fourth-order valence-electron chi connectivity index (χ4n) is 3.65. The highest BCUT2D eigenvalue weighted by molar-refractivity contribution is 7.99. The van der Waals surface area contributed by atoms with Crippen LogP contribution in [0.15, 0.2) is 53.4 Å². The van der Waals surface area contributed by atoms with Crippen molar-refractivity contribution < 1.29 is 22.7 Å². The van der Waals surface area contributed by atoms with Crippen molar-refractivity contribution in [2.45, 2.75) is 48.8 Å². The Balaban J connectivity index is 1.99. The molecule has 7 heteroatoms. The quantitative estimate of drug-likeness (QED) is 0.662. The molecule has 0 fully saturated rings. The summed E-state index contributed by atoms with van der Waals surface area (Å²) in [7, 11) is 1.60. The Labute approximate surface area is 173 Å². The molecular weight excluding hydrogens is 399 g/mol. The lowest BCUT2D eigenvalue weighted by atomic mass is 9.87. The van der Waals surface area contributed by atoms with Gasteiger partial charge in [-0.2, -0.15) is 13.2 Å². The van der Waals surface area contributed by atoms with Crippen LogP contribution in [0.1, 0.15) is 43.4 Å². The predicted molar refractivity (Wildman–Crippen MR) is 108 cm³/mol. The van der Waals surface area contributed by atoms with Gasteiger partial charge in [0, 0.05) is 22.6 Å². The van der Waals surface area contributed by atoms with E-state index in [9.17, 15) is 18.0 Å². The molecule has 3 nitrogen and oxygen atoms in total. The number of benzene rings is 2. The van der Waals surface area contributed by atoms with Crippen molar-refractivity contribution in [2.24, 2.45) is 0 Å². The maximum Gasteiger partial charge on any atom is 0.395 e. The summed E-state index contributed by atoms with van der Waals surface area (Å²) in [6, 6.07) is 15.3. The molecule has 0 saturated carbocycles. The molecule has 0 aliphatic carbocycles. The number of Topliss-reactive ketones (excluding diaryl/α,β-unsaturated/α-hetero) is 1. The smallest absolute Gasteiger partial charge is 0.395 e. The topological polar surface area (TPSA) is 38.3 Å². The average Bonchev–Trinajstić information content (AvgIpc) is 2.84. The first-order valence-electron chi connectivity index (χ1n) is 9.47. The Morgan fingerprint density at radius 2 is 1.97 bits per heavy atom. The van der Waals surface area contributed by atoms with Gasteiger partial charge in [-0.25, -0.2) is 0 Å². The lowest BCUT2D eigenvalue weighted by Gasteiger charge is -2.35. The molecule has 2 aromatic rings. The molecule has 2 unspecified atom stereocenters. The van der Waals surface area contributed by atoms with E-state index < -0.39 is 23.9 Å². The van der Waals surface area contributed by atoms with E-state index in [1.807, 2.05) is 55.5 Å². The van der Waals surface area contributed by atoms with Gasteiger partial charge in [-0.1, -0.05) is 43.3 Å². The third-order valence-corrected chi connectivity index (χ3v) is 6.59. The fraction of sp³-hybridized carbons (Fsp3) is 0.409. The highest BCUT2D eigenvalue weighted by Gasteiger charge is 2.40. The van der Waals surface area contributed by atoms with Crippen LogP contribution < -0.4 is 10.1 Å². The number of rotatable bonds is 6. The Morgan fingerprint density at radius 1 is 1.24 bits per heavy atom. The standard InChI is InChI=1S/C22H24F3NO2S/c1-3-21(12-16(27)13-22(23,24)25)14-29-19-11-17(28-2)9-10-18(19)20(26-21)15-7-5-4-6-8-15/h4-11,20,26H,3,12-14H2,1-2H3. The highest BCUT2D eigenvalue weighted by Crippen LogP contribution is 2.42. The van der Waals surface area contributed by atoms with Crippen LogP contribution in [0.3, 0.4) is 0 Å². The zero-order valence-corrected chi connectivity index (χ0v) is 17.2. The normalized spacial score (nSPS) is 21.9. The van der Waals surface area contributed by atoms with Gasteiger partial charge in [0.15, 0.2) is 0 Å². The van der Waals surface area contributed by atoms with Crippen molar-refractivity contribution >= 4 is 17.5 Å². The molecule has 0 aromatic heterocycles. The SMILES string of the molecule is CCC1(CC(=O)CC(F)(F)F)CSc2cc(OC)ccc2C(c2ccccc2)N1. The Morgan fingerprint density at radius 3 is 2.59 bits per heavy atom. The van der Waals surface area contributed by atoms with Crippen molar-refractivity contribution in [3.05, 3.63) is 59.7 Å². The summed E-state index contributed by atoms with van der Waals surface area (Å²) >= 11 is 1.55. The maximum absolute atomic E-state index is 12.7. The number of thioether (sulfide) groups is 1. The van der Waals surface area contributed by atoms with Gasteiger partial charge in [0.25, 0.3) is 0 Å². The zero-order chi connectivity index (χ0) is 21.1. The van der Waals surface area contributed by atoms with Crippen LogP contribution in [0, 0.1) is 0 Å². The summed E-state index contributed by atoms with van der Waals surface area (Å²) in [6.45, 7) is 1.91. The molecular formula is C22H24F3NO2S. The van der Waals surface area contributed by atoms with E-state index in [4.69, 9.17) is 4.74 Å². The van der Waals surface area contributed by atoms with Gasteiger partial charge in [-0.15, -0.1) is 11.8 Å². The number of alkyl halides is 3. The lowest BCUT2D eigenvalue weighted by molar-refractivity contribution is -0.153. The maximum atomic E-state index is 12.7. The molecule has 3 rings (SSSR count). The number of methoxy groups -OCH3 is 1. The number of fused-ring (bicyclic) bond motifs is 1. The van der Waals surface area contributed by atoms with E-state index in [-0.39, 0.29) is 12.5 Å². The van der Waals surface area contributed by atoms with Gasteiger partial charge >= 0.3 is 6.18 Å². The van der Waals surface area contributed by atoms with Crippen LogP contribution in [0.4, 0.5) is 13.2 Å². The van der Waals surface area contributed by atoms with Gasteiger partial charge in [-0.05, 0) is 29.7 Å². The predicted octanol–water partition coefficient (Wildman–Crippen LogP) is 5.54. The van der Waals surface area contributed by atoms with Gasteiger partial charge < -0.3 is 4.74 Å². The van der Waals surface area contributed by atoms with E-state index in [1.165, 1.54) is 0 Å². The Bertz CT molecular complexity index is 857. The van der Waals surface area contributed by atoms with Crippen molar-refractivity contribution in [3.8, 4) is 5.75 Å². The second-order valence-corrected chi connectivity index (χ2v) is 8.34. The van der Waals surface area contributed by atoms with Crippen molar-refractivity contribution in [2.75, 3.05) is 12.9 Å². The van der Waals surface area contributed by atoms with E-state index in [1.54, 1.807) is 18.9 Å². The summed E-state index contributed by atoms with van der Waals surface area (Å²) in [6.07, 6.45) is -5.50. The molecule has 1 aliphatic heterocycles. The van der Waals surface area contributed by atoms with Crippen LogP contribution in [-0.4, -0.2) is 30.4 Å². The lowest BCUT2D eigenvalue weighted by Crippen LogP contribution is -2.50. The second-order valence-electron chi connectivity index (χ2n) is 7.32. The molecule has 0 bridgehead atoms. The third-order valence-electron chi connectivity index (χ3n) is 5.23. The molecule has 0 spiro atoms. The Hall–Kier alpha value is -1.99. The van der Waals surface area contributed by atoms with E-state index >= 15 is 0 Å². The molecule has 0 radical (unpaired) electrons. The van der Waals surface area contributed by atoms with Crippen molar-refractivity contribution in [3.63, 3.8) is 0 Å².